The molecule has 0 spiro atoms. The molecule has 5 nitrogen and oxygen atoms in total. The summed E-state index contributed by atoms with van der Waals surface area (Å²) in [5, 5.41) is -0.194. The lowest BCUT2D eigenvalue weighted by atomic mass is 10.0. The van der Waals surface area contributed by atoms with Crippen LogP contribution in [-0.2, 0) is 9.53 Å². The van der Waals surface area contributed by atoms with Gasteiger partial charge in [-0.15, -0.1) is 0 Å². The SMILES string of the molecule is COCCCN1C(=O)S/C(=C/c2ccc(N3CCCCC3)cc2C)C1=O. The predicted octanol–water partition coefficient (Wildman–Crippen LogP) is 4.06. The van der Waals surface area contributed by atoms with Gasteiger partial charge in [-0.25, -0.2) is 0 Å². The van der Waals surface area contributed by atoms with Gasteiger partial charge in [0.25, 0.3) is 11.1 Å². The Morgan fingerprint density at radius 2 is 1.96 bits per heavy atom. The fraction of sp³-hybridized carbons (Fsp3) is 0.500. The minimum atomic E-state index is -0.199. The van der Waals surface area contributed by atoms with Crippen LogP contribution in [0.5, 0.6) is 0 Å². The van der Waals surface area contributed by atoms with Gasteiger partial charge in [-0.1, -0.05) is 6.07 Å². The Hall–Kier alpha value is -1.79. The van der Waals surface area contributed by atoms with E-state index in [2.05, 4.69) is 30.0 Å². The maximum absolute atomic E-state index is 12.5. The number of hydrogen-bond donors (Lipinski definition) is 0. The number of carbonyl (C=O) groups excluding carboxylic acids is 2. The zero-order valence-corrected chi connectivity index (χ0v) is 16.3. The van der Waals surface area contributed by atoms with E-state index in [9.17, 15) is 9.59 Å². The van der Waals surface area contributed by atoms with Crippen LogP contribution in [0.1, 0.15) is 36.8 Å². The number of benzene rings is 1. The van der Waals surface area contributed by atoms with Crippen molar-refractivity contribution in [2.75, 3.05) is 38.3 Å². The summed E-state index contributed by atoms with van der Waals surface area (Å²) in [4.78, 5) is 28.8. The van der Waals surface area contributed by atoms with Gasteiger partial charge >= 0.3 is 0 Å². The van der Waals surface area contributed by atoms with Crippen molar-refractivity contribution in [2.24, 2.45) is 0 Å². The number of amides is 2. The number of aryl methyl sites for hydroxylation is 1. The van der Waals surface area contributed by atoms with Gasteiger partial charge in [-0.3, -0.25) is 14.5 Å². The van der Waals surface area contributed by atoms with Crippen LogP contribution in [-0.4, -0.2) is 49.4 Å². The normalized spacial score (nSPS) is 19.7. The molecule has 0 saturated carbocycles. The van der Waals surface area contributed by atoms with Crippen LogP contribution < -0.4 is 4.90 Å². The van der Waals surface area contributed by atoms with Gasteiger partial charge in [0.1, 0.15) is 0 Å². The highest BCUT2D eigenvalue weighted by molar-refractivity contribution is 8.18. The van der Waals surface area contributed by atoms with Crippen molar-refractivity contribution in [1.29, 1.82) is 0 Å². The molecule has 2 fully saturated rings. The molecule has 2 aliphatic heterocycles. The second-order valence-corrected chi connectivity index (χ2v) is 7.76. The Morgan fingerprint density at radius 3 is 2.65 bits per heavy atom. The molecular formula is C20H26N2O3S. The number of anilines is 1. The first-order valence-electron chi connectivity index (χ1n) is 9.20. The third kappa shape index (κ3) is 4.30. The monoisotopic (exact) mass is 374 g/mol. The maximum Gasteiger partial charge on any atom is 0.293 e. The molecule has 140 valence electrons. The van der Waals surface area contributed by atoms with E-state index < -0.39 is 0 Å². The molecule has 0 radical (unpaired) electrons. The first-order chi connectivity index (χ1) is 12.6. The van der Waals surface area contributed by atoms with Gasteiger partial charge in [-0.2, -0.15) is 0 Å². The topological polar surface area (TPSA) is 49.9 Å². The minimum absolute atomic E-state index is 0.194. The fourth-order valence-corrected chi connectivity index (χ4v) is 4.23. The molecule has 2 aliphatic rings. The van der Waals surface area contributed by atoms with E-state index in [-0.39, 0.29) is 11.1 Å². The molecule has 0 aliphatic carbocycles. The second kappa shape index (κ2) is 8.73. The van der Waals surface area contributed by atoms with Crippen molar-refractivity contribution in [1.82, 2.24) is 4.90 Å². The van der Waals surface area contributed by atoms with Crippen molar-refractivity contribution in [3.63, 3.8) is 0 Å². The summed E-state index contributed by atoms with van der Waals surface area (Å²) in [7, 11) is 1.62. The van der Waals surface area contributed by atoms with Gasteiger partial charge in [-0.05, 0) is 73.7 Å². The van der Waals surface area contributed by atoms with E-state index in [1.807, 2.05) is 6.08 Å². The maximum atomic E-state index is 12.5. The second-order valence-electron chi connectivity index (χ2n) is 6.77. The lowest BCUT2D eigenvalue weighted by Gasteiger charge is -2.29. The standard InChI is InChI=1S/C20H26N2O3S/c1-15-13-17(21-9-4-3-5-10-21)8-7-16(15)14-18-19(23)22(20(24)26-18)11-6-12-25-2/h7-8,13-14H,3-6,9-12H2,1-2H3/b18-14+. The summed E-state index contributed by atoms with van der Waals surface area (Å²) >= 11 is 1.02. The number of carbonyl (C=O) groups is 2. The molecule has 3 rings (SSSR count). The largest absolute Gasteiger partial charge is 0.385 e. The van der Waals surface area contributed by atoms with E-state index in [4.69, 9.17) is 4.74 Å². The Balaban J connectivity index is 1.73. The summed E-state index contributed by atoms with van der Waals surface area (Å²) in [5.74, 6) is -0.199. The molecule has 0 bridgehead atoms. The third-order valence-electron chi connectivity index (χ3n) is 4.86. The van der Waals surface area contributed by atoms with E-state index in [0.29, 0.717) is 24.5 Å². The average molecular weight is 375 g/mol. The summed E-state index contributed by atoms with van der Waals surface area (Å²) in [6, 6.07) is 6.35. The van der Waals surface area contributed by atoms with Crippen molar-refractivity contribution in [3.8, 4) is 0 Å². The number of imide groups is 1. The molecule has 0 N–H and O–H groups in total. The van der Waals surface area contributed by atoms with Gasteiger partial charge in [0.05, 0.1) is 4.91 Å². The number of hydrogen-bond acceptors (Lipinski definition) is 5. The molecule has 0 unspecified atom stereocenters. The first kappa shape index (κ1) is 19.0. The number of methoxy groups -OCH3 is 1. The Morgan fingerprint density at radius 1 is 1.19 bits per heavy atom. The van der Waals surface area contributed by atoms with E-state index in [1.165, 1.54) is 29.8 Å². The van der Waals surface area contributed by atoms with Gasteiger partial charge in [0.15, 0.2) is 0 Å². The van der Waals surface area contributed by atoms with Crippen molar-refractivity contribution in [3.05, 3.63) is 34.2 Å². The molecular weight excluding hydrogens is 348 g/mol. The minimum Gasteiger partial charge on any atom is -0.385 e. The highest BCUT2D eigenvalue weighted by Gasteiger charge is 2.34. The van der Waals surface area contributed by atoms with Gasteiger partial charge < -0.3 is 9.64 Å². The number of ether oxygens (including phenoxy) is 1. The number of nitrogens with zero attached hydrogens (tertiary/aromatic N) is 2. The highest BCUT2D eigenvalue weighted by atomic mass is 32.2. The molecule has 1 aromatic carbocycles. The zero-order valence-electron chi connectivity index (χ0n) is 15.5. The third-order valence-corrected chi connectivity index (χ3v) is 5.77. The lowest BCUT2D eigenvalue weighted by molar-refractivity contribution is -0.122. The highest BCUT2D eigenvalue weighted by Crippen LogP contribution is 2.33. The van der Waals surface area contributed by atoms with Crippen molar-refractivity contribution < 1.29 is 14.3 Å². The summed E-state index contributed by atoms with van der Waals surface area (Å²) in [6.45, 7) is 5.22. The van der Waals surface area contributed by atoms with E-state index in [0.717, 1.165) is 36.0 Å². The quantitative estimate of drug-likeness (QED) is 0.555. The predicted molar refractivity (Wildman–Crippen MR) is 106 cm³/mol. The fourth-order valence-electron chi connectivity index (χ4n) is 3.37. The average Bonchev–Trinajstić information content (AvgIpc) is 2.91. The van der Waals surface area contributed by atoms with Crippen LogP contribution in [0.15, 0.2) is 23.1 Å². The van der Waals surface area contributed by atoms with Gasteiger partial charge in [0.2, 0.25) is 0 Å². The molecule has 1 aromatic rings. The smallest absolute Gasteiger partial charge is 0.293 e. The number of rotatable bonds is 6. The molecule has 0 atom stereocenters. The van der Waals surface area contributed by atoms with Crippen LogP contribution in [0.25, 0.3) is 6.08 Å². The number of piperidine rings is 1. The van der Waals surface area contributed by atoms with E-state index >= 15 is 0 Å². The lowest BCUT2D eigenvalue weighted by Crippen LogP contribution is -2.29. The van der Waals surface area contributed by atoms with Crippen molar-refractivity contribution in [2.45, 2.75) is 32.6 Å². The van der Waals surface area contributed by atoms with Crippen molar-refractivity contribution >= 4 is 34.7 Å². The van der Waals surface area contributed by atoms with Crippen LogP contribution in [0, 0.1) is 6.92 Å². The van der Waals surface area contributed by atoms with E-state index in [1.54, 1.807) is 7.11 Å². The molecule has 0 aromatic heterocycles. The Kier molecular flexibility index (Phi) is 6.38. The molecule has 2 heterocycles. The molecule has 6 heteroatoms. The Labute approximate surface area is 159 Å². The van der Waals surface area contributed by atoms with Crippen LogP contribution in [0.4, 0.5) is 10.5 Å². The Bertz CT molecular complexity index is 711. The van der Waals surface area contributed by atoms with Crippen LogP contribution in [0.3, 0.4) is 0 Å². The summed E-state index contributed by atoms with van der Waals surface area (Å²) in [5.41, 5.74) is 3.36. The zero-order chi connectivity index (χ0) is 18.5. The first-order valence-corrected chi connectivity index (χ1v) is 10.0. The summed E-state index contributed by atoms with van der Waals surface area (Å²) in [6.07, 6.45) is 6.31. The summed E-state index contributed by atoms with van der Waals surface area (Å²) < 4.78 is 5.00. The van der Waals surface area contributed by atoms with Gasteiger partial charge in [0, 0.05) is 39.0 Å². The molecule has 26 heavy (non-hydrogen) atoms. The van der Waals surface area contributed by atoms with Crippen LogP contribution >= 0.6 is 11.8 Å². The van der Waals surface area contributed by atoms with Crippen LogP contribution in [0.2, 0.25) is 0 Å². The number of thioether (sulfide) groups is 1. The molecule has 2 amide bonds. The molecule has 2 saturated heterocycles.